The van der Waals surface area contributed by atoms with Crippen LogP contribution in [0.25, 0.3) is 0 Å². The average Bonchev–Trinajstić information content (AvgIpc) is 2.81. The molecule has 2 aliphatic rings. The molecule has 19 heavy (non-hydrogen) atoms. The molecule has 0 unspecified atom stereocenters. The molecule has 0 radical (unpaired) electrons. The van der Waals surface area contributed by atoms with Crippen molar-refractivity contribution in [3.63, 3.8) is 0 Å². The molecule has 2 N–H and O–H groups in total. The molecular formula is C12H17NO6. The molecule has 7 heteroatoms. The summed E-state index contributed by atoms with van der Waals surface area (Å²) in [6.45, 7) is 3.39. The summed E-state index contributed by atoms with van der Waals surface area (Å²) < 4.78 is 21.2. The molecule has 106 valence electrons. The number of hydrogen-bond donors (Lipinski definition) is 1. The van der Waals surface area contributed by atoms with E-state index in [4.69, 9.17) is 24.7 Å². The molecular weight excluding hydrogens is 254 g/mol. The molecule has 2 fully saturated rings. The second kappa shape index (κ2) is 5.58. The standard InChI is InChI=1S/C12H17NO6/c1-6(13)3-10(15)19-9-5-17-11-8(18-7(2)14)4-16-12(9)11/h3,8-9,11-12H,4-5,13H2,1-2H3/b6-3-/t8-,9+,11+,12+/m0/s1. The van der Waals surface area contributed by atoms with E-state index < -0.39 is 24.3 Å². The number of carbonyl (C=O) groups is 2. The minimum absolute atomic E-state index is 0.219. The van der Waals surface area contributed by atoms with Crippen LogP contribution >= 0.6 is 0 Å². The highest BCUT2D eigenvalue weighted by Gasteiger charge is 2.50. The van der Waals surface area contributed by atoms with Crippen LogP contribution in [0.15, 0.2) is 11.8 Å². The molecule has 0 saturated carbocycles. The van der Waals surface area contributed by atoms with E-state index in [0.717, 1.165) is 0 Å². The van der Waals surface area contributed by atoms with Gasteiger partial charge in [0.25, 0.3) is 0 Å². The van der Waals surface area contributed by atoms with Gasteiger partial charge in [-0.2, -0.15) is 0 Å². The van der Waals surface area contributed by atoms with Gasteiger partial charge in [0.2, 0.25) is 0 Å². The maximum atomic E-state index is 11.5. The third kappa shape index (κ3) is 3.24. The van der Waals surface area contributed by atoms with Crippen molar-refractivity contribution in [1.29, 1.82) is 0 Å². The van der Waals surface area contributed by atoms with Crippen molar-refractivity contribution < 1.29 is 28.5 Å². The summed E-state index contributed by atoms with van der Waals surface area (Å²) in [4.78, 5) is 22.4. The highest BCUT2D eigenvalue weighted by Crippen LogP contribution is 2.30. The second-order valence-electron chi connectivity index (χ2n) is 4.61. The van der Waals surface area contributed by atoms with Gasteiger partial charge in [-0.25, -0.2) is 4.79 Å². The molecule has 2 saturated heterocycles. The topological polar surface area (TPSA) is 97.1 Å². The Morgan fingerprint density at radius 1 is 1.11 bits per heavy atom. The Balaban J connectivity index is 1.92. The third-order valence-corrected chi connectivity index (χ3v) is 2.89. The van der Waals surface area contributed by atoms with Crippen LogP contribution in [-0.4, -0.2) is 49.6 Å². The summed E-state index contributed by atoms with van der Waals surface area (Å²) in [7, 11) is 0. The maximum absolute atomic E-state index is 11.5. The Kier molecular flexibility index (Phi) is 4.06. The molecule has 7 nitrogen and oxygen atoms in total. The number of hydrogen-bond acceptors (Lipinski definition) is 7. The predicted octanol–water partition coefficient (Wildman–Crippen LogP) is -0.510. The van der Waals surface area contributed by atoms with E-state index in [1.54, 1.807) is 6.92 Å². The van der Waals surface area contributed by atoms with Crippen molar-refractivity contribution in [2.45, 2.75) is 38.3 Å². The van der Waals surface area contributed by atoms with Crippen LogP contribution in [0.4, 0.5) is 0 Å². The van der Waals surface area contributed by atoms with Gasteiger partial charge in [-0.3, -0.25) is 4.79 Å². The van der Waals surface area contributed by atoms with Crippen molar-refractivity contribution >= 4 is 11.9 Å². The zero-order valence-corrected chi connectivity index (χ0v) is 10.8. The largest absolute Gasteiger partial charge is 0.457 e. The van der Waals surface area contributed by atoms with Crippen molar-refractivity contribution in [3.05, 3.63) is 11.8 Å². The van der Waals surface area contributed by atoms with Crippen LogP contribution < -0.4 is 5.73 Å². The Morgan fingerprint density at radius 3 is 2.11 bits per heavy atom. The predicted molar refractivity (Wildman–Crippen MR) is 62.9 cm³/mol. The monoisotopic (exact) mass is 271 g/mol. The Bertz CT molecular complexity index is 403. The lowest BCUT2D eigenvalue weighted by Crippen LogP contribution is -2.35. The van der Waals surface area contributed by atoms with E-state index in [2.05, 4.69) is 0 Å². The number of carbonyl (C=O) groups excluding carboxylic acids is 2. The van der Waals surface area contributed by atoms with Crippen LogP contribution in [0.5, 0.6) is 0 Å². The molecule has 0 aromatic carbocycles. The van der Waals surface area contributed by atoms with Gasteiger partial charge < -0.3 is 24.7 Å². The first-order chi connectivity index (χ1) is 8.97. The average molecular weight is 271 g/mol. The quantitative estimate of drug-likeness (QED) is 0.545. The van der Waals surface area contributed by atoms with E-state index in [0.29, 0.717) is 5.70 Å². The summed E-state index contributed by atoms with van der Waals surface area (Å²) in [5, 5.41) is 0. The molecule has 0 spiro atoms. The molecule has 2 heterocycles. The van der Waals surface area contributed by atoms with Crippen molar-refractivity contribution in [2.24, 2.45) is 5.73 Å². The van der Waals surface area contributed by atoms with Gasteiger partial charge >= 0.3 is 11.9 Å². The Labute approximate surface area is 110 Å². The Morgan fingerprint density at radius 2 is 1.63 bits per heavy atom. The number of esters is 2. The molecule has 2 rings (SSSR count). The zero-order chi connectivity index (χ0) is 14.0. The van der Waals surface area contributed by atoms with Crippen LogP contribution in [0.1, 0.15) is 13.8 Å². The lowest BCUT2D eigenvalue weighted by molar-refractivity contribution is -0.151. The summed E-state index contributed by atoms with van der Waals surface area (Å²) in [6.07, 6.45) is -0.540. The lowest BCUT2D eigenvalue weighted by Gasteiger charge is -2.16. The number of allylic oxidation sites excluding steroid dienone is 1. The molecule has 0 aromatic heterocycles. The van der Waals surface area contributed by atoms with Gasteiger partial charge in [0.05, 0.1) is 13.2 Å². The van der Waals surface area contributed by atoms with Gasteiger partial charge in [0.15, 0.2) is 12.2 Å². The Hall–Kier alpha value is -1.60. The number of nitrogens with two attached hydrogens (primary N) is 1. The van der Waals surface area contributed by atoms with Crippen molar-refractivity contribution in [1.82, 2.24) is 0 Å². The van der Waals surface area contributed by atoms with Crippen LogP contribution in [-0.2, 0) is 28.5 Å². The van der Waals surface area contributed by atoms with Crippen LogP contribution in [0.2, 0.25) is 0 Å². The highest BCUT2D eigenvalue weighted by atomic mass is 16.7. The SMILES string of the molecule is CC(=O)O[C@H]1CO[C@H]2[C@@H]1OC[C@H]2OC(=O)/C=C(/C)N. The summed E-state index contributed by atoms with van der Waals surface area (Å²) in [6, 6.07) is 0. The minimum atomic E-state index is -0.534. The van der Waals surface area contributed by atoms with Crippen molar-refractivity contribution in [2.75, 3.05) is 13.2 Å². The van der Waals surface area contributed by atoms with Gasteiger partial charge in [-0.15, -0.1) is 0 Å². The van der Waals surface area contributed by atoms with Gasteiger partial charge in [-0.05, 0) is 6.92 Å². The highest BCUT2D eigenvalue weighted by molar-refractivity contribution is 5.82. The van der Waals surface area contributed by atoms with E-state index in [1.807, 2.05) is 0 Å². The molecule has 0 amide bonds. The molecule has 4 atom stereocenters. The van der Waals surface area contributed by atoms with E-state index in [-0.39, 0.29) is 25.3 Å². The molecule has 2 aliphatic heterocycles. The van der Waals surface area contributed by atoms with Crippen LogP contribution in [0.3, 0.4) is 0 Å². The van der Waals surface area contributed by atoms with Gasteiger partial charge in [0, 0.05) is 18.7 Å². The minimum Gasteiger partial charge on any atom is -0.457 e. The number of fused-ring (bicyclic) bond motifs is 1. The molecule has 0 aromatic rings. The van der Waals surface area contributed by atoms with Crippen LogP contribution in [0, 0.1) is 0 Å². The number of rotatable bonds is 3. The van der Waals surface area contributed by atoms with Crippen molar-refractivity contribution in [3.8, 4) is 0 Å². The summed E-state index contributed by atoms with van der Waals surface area (Å²) in [5.74, 6) is -0.922. The van der Waals surface area contributed by atoms with E-state index >= 15 is 0 Å². The second-order valence-corrected chi connectivity index (χ2v) is 4.61. The van der Waals surface area contributed by atoms with E-state index in [1.165, 1.54) is 13.0 Å². The third-order valence-electron chi connectivity index (χ3n) is 2.89. The number of ether oxygens (including phenoxy) is 4. The normalized spacial score (nSPS) is 33.9. The fraction of sp³-hybridized carbons (Fsp3) is 0.667. The fourth-order valence-corrected chi connectivity index (χ4v) is 2.21. The summed E-state index contributed by atoms with van der Waals surface area (Å²) in [5.41, 5.74) is 5.76. The maximum Gasteiger partial charge on any atom is 0.332 e. The van der Waals surface area contributed by atoms with E-state index in [9.17, 15) is 9.59 Å². The summed E-state index contributed by atoms with van der Waals surface area (Å²) >= 11 is 0. The van der Waals surface area contributed by atoms with Gasteiger partial charge in [0.1, 0.15) is 12.2 Å². The lowest BCUT2D eigenvalue weighted by atomic mass is 10.1. The molecule has 0 aliphatic carbocycles. The first kappa shape index (κ1) is 13.8. The first-order valence-corrected chi connectivity index (χ1v) is 6.02. The van der Waals surface area contributed by atoms with Gasteiger partial charge in [-0.1, -0.05) is 0 Å². The first-order valence-electron chi connectivity index (χ1n) is 6.02. The smallest absolute Gasteiger partial charge is 0.332 e. The molecule has 0 bridgehead atoms. The fourth-order valence-electron chi connectivity index (χ4n) is 2.21. The zero-order valence-electron chi connectivity index (χ0n) is 10.8.